The number of carboxylic acid groups (broad SMARTS) is 1. The molecule has 0 saturated heterocycles. The van der Waals surface area contributed by atoms with Crippen LogP contribution in [0.5, 0.6) is 0 Å². The normalized spacial score (nSPS) is 12.8. The van der Waals surface area contributed by atoms with Gasteiger partial charge in [0.2, 0.25) is 0 Å². The molecule has 2 aromatic heterocycles. The van der Waals surface area contributed by atoms with Gasteiger partial charge in [0.1, 0.15) is 5.69 Å². The Balaban J connectivity index is 2.14. The van der Waals surface area contributed by atoms with E-state index in [9.17, 15) is 9.90 Å². The third-order valence-corrected chi connectivity index (χ3v) is 6.49. The Morgan fingerprint density at radius 1 is 1.15 bits per heavy atom. The van der Waals surface area contributed by atoms with Crippen molar-refractivity contribution in [1.82, 2.24) is 14.5 Å². The monoisotopic (exact) mass is 476 g/mol. The summed E-state index contributed by atoms with van der Waals surface area (Å²) in [4.78, 5) is 29.4. The molecule has 0 aliphatic heterocycles. The van der Waals surface area contributed by atoms with Crippen molar-refractivity contribution in [2.75, 3.05) is 18.0 Å². The van der Waals surface area contributed by atoms with Crippen LogP contribution >= 0.6 is 11.3 Å². The second-order valence-corrected chi connectivity index (χ2v) is 8.36. The Bertz CT molecular complexity index is 1280. The van der Waals surface area contributed by atoms with E-state index in [1.807, 2.05) is 44.2 Å². The van der Waals surface area contributed by atoms with E-state index in [0.717, 1.165) is 23.8 Å². The van der Waals surface area contributed by atoms with Gasteiger partial charge in [0.05, 0.1) is 12.0 Å². The summed E-state index contributed by atoms with van der Waals surface area (Å²) in [5, 5.41) is 19.5. The number of nitrogens with zero attached hydrogens (tertiary/aromatic N) is 8. The van der Waals surface area contributed by atoms with Crippen LogP contribution < -0.4 is 4.90 Å². The number of hydrogen-bond acceptors (Lipinski definition) is 7. The maximum Gasteiger partial charge on any atom is 0.417 e. The third-order valence-electron chi connectivity index (χ3n) is 5.49. The summed E-state index contributed by atoms with van der Waals surface area (Å²) >= 11 is 1.38. The Hall–Kier alpha value is -4.09. The van der Waals surface area contributed by atoms with Crippen LogP contribution in [-0.4, -0.2) is 38.7 Å². The van der Waals surface area contributed by atoms with E-state index in [-0.39, 0.29) is 17.6 Å². The first kappa shape index (κ1) is 24.6. The molecule has 34 heavy (non-hydrogen) atoms. The van der Waals surface area contributed by atoms with Crippen molar-refractivity contribution in [2.45, 2.75) is 33.7 Å². The van der Waals surface area contributed by atoms with Crippen LogP contribution in [0.1, 0.15) is 33.7 Å². The lowest BCUT2D eigenvalue weighted by molar-refractivity contribution is -0.142. The van der Waals surface area contributed by atoms with Crippen molar-refractivity contribution in [3.63, 3.8) is 0 Å². The molecular formula is C23H24N8O2S. The molecular weight excluding hydrogens is 452 g/mol. The predicted molar refractivity (Wildman–Crippen MR) is 132 cm³/mol. The van der Waals surface area contributed by atoms with Crippen molar-refractivity contribution >= 4 is 45.0 Å². The van der Waals surface area contributed by atoms with Gasteiger partial charge < -0.3 is 19.7 Å². The highest BCUT2D eigenvalue weighted by molar-refractivity contribution is 7.19. The Labute approximate surface area is 201 Å². The highest BCUT2D eigenvalue weighted by atomic mass is 32.1. The second-order valence-electron chi connectivity index (χ2n) is 7.41. The van der Waals surface area contributed by atoms with E-state index in [4.69, 9.17) is 18.1 Å². The van der Waals surface area contributed by atoms with Gasteiger partial charge in [-0.25, -0.2) is 9.55 Å². The smallest absolute Gasteiger partial charge is 0.417 e. The van der Waals surface area contributed by atoms with E-state index in [1.165, 1.54) is 22.8 Å². The number of aromatic nitrogens is 3. The molecule has 0 spiro atoms. The van der Waals surface area contributed by atoms with Crippen LogP contribution in [0, 0.1) is 19.1 Å². The molecule has 0 aliphatic carbocycles. The molecule has 2 heterocycles. The lowest BCUT2D eigenvalue weighted by Gasteiger charge is -2.16. The number of azo groups is 1. The lowest BCUT2D eigenvalue weighted by atomic mass is 10.0. The van der Waals surface area contributed by atoms with Crippen LogP contribution in [0.4, 0.5) is 27.7 Å². The molecule has 2 atom stereocenters. The van der Waals surface area contributed by atoms with E-state index < -0.39 is 17.9 Å². The summed E-state index contributed by atoms with van der Waals surface area (Å²) < 4.78 is 1.37. The van der Waals surface area contributed by atoms with Gasteiger partial charge in [0.25, 0.3) is 11.6 Å². The first-order valence-corrected chi connectivity index (χ1v) is 11.5. The first-order valence-electron chi connectivity index (χ1n) is 10.7. The molecule has 11 heteroatoms. The maximum atomic E-state index is 11.6. The quantitative estimate of drug-likeness (QED) is 0.275. The molecule has 174 valence electrons. The number of rotatable bonds is 9. The van der Waals surface area contributed by atoms with Crippen molar-refractivity contribution < 1.29 is 9.90 Å². The number of carbonyl (C=O) groups is 1. The van der Waals surface area contributed by atoms with Crippen LogP contribution in [-0.2, 0) is 4.79 Å². The standard InChI is InChI=1S/C23H24N8O2S/c1-7-30(8-2)23-26-17(16-12-10-9-11-13-16)20(34-23)28-29-22-27-18(24-5)19(25-6)31(22)15(4)14(3)21(32)33/h9-15H,7-8H2,1-4H3,(H,32,33)/b29-28+. The van der Waals surface area contributed by atoms with Crippen molar-refractivity contribution in [1.29, 1.82) is 0 Å². The van der Waals surface area contributed by atoms with E-state index in [2.05, 4.69) is 29.8 Å². The number of anilines is 1. The van der Waals surface area contributed by atoms with E-state index >= 15 is 0 Å². The van der Waals surface area contributed by atoms with Crippen LogP contribution in [0.3, 0.4) is 0 Å². The summed E-state index contributed by atoms with van der Waals surface area (Å²) in [6.45, 7) is 23.7. The molecule has 0 radical (unpaired) electrons. The fourth-order valence-electron chi connectivity index (χ4n) is 3.33. The van der Waals surface area contributed by atoms with Gasteiger partial charge in [-0.3, -0.25) is 4.79 Å². The van der Waals surface area contributed by atoms with Crippen molar-refractivity contribution in [2.24, 2.45) is 16.1 Å². The first-order chi connectivity index (χ1) is 16.4. The number of carboxylic acids is 1. The largest absolute Gasteiger partial charge is 0.481 e. The average Bonchev–Trinajstić information content (AvgIpc) is 3.44. The zero-order chi connectivity index (χ0) is 24.8. The molecule has 2 unspecified atom stereocenters. The van der Waals surface area contributed by atoms with Crippen molar-refractivity contribution in [3.8, 4) is 11.3 Å². The highest BCUT2D eigenvalue weighted by Crippen LogP contribution is 2.42. The maximum absolute atomic E-state index is 11.6. The zero-order valence-corrected chi connectivity index (χ0v) is 20.1. The highest BCUT2D eigenvalue weighted by Gasteiger charge is 2.32. The lowest BCUT2D eigenvalue weighted by Crippen LogP contribution is -2.21. The molecule has 0 aliphatic rings. The van der Waals surface area contributed by atoms with E-state index in [1.54, 1.807) is 6.92 Å². The molecule has 0 bridgehead atoms. The second kappa shape index (κ2) is 10.7. The minimum Gasteiger partial charge on any atom is -0.481 e. The molecule has 0 saturated carbocycles. The van der Waals surface area contributed by atoms with Gasteiger partial charge in [-0.1, -0.05) is 64.9 Å². The van der Waals surface area contributed by atoms with Gasteiger partial charge in [0.15, 0.2) is 10.1 Å². The minimum atomic E-state index is -1.03. The number of imidazole rings is 1. The Morgan fingerprint density at radius 2 is 1.82 bits per heavy atom. The van der Waals surface area contributed by atoms with Gasteiger partial charge in [0, 0.05) is 18.7 Å². The molecule has 3 aromatic rings. The van der Waals surface area contributed by atoms with Crippen LogP contribution in [0.15, 0.2) is 40.6 Å². The molecule has 0 amide bonds. The zero-order valence-electron chi connectivity index (χ0n) is 19.3. The van der Waals surface area contributed by atoms with Gasteiger partial charge in [-0.15, -0.1) is 5.11 Å². The van der Waals surface area contributed by atoms with Crippen LogP contribution in [0.25, 0.3) is 20.9 Å². The summed E-state index contributed by atoms with van der Waals surface area (Å²) in [6.07, 6.45) is 0. The van der Waals surface area contributed by atoms with Gasteiger partial charge >= 0.3 is 11.9 Å². The summed E-state index contributed by atoms with van der Waals surface area (Å²) in [5.41, 5.74) is 1.54. The van der Waals surface area contributed by atoms with Crippen LogP contribution in [0.2, 0.25) is 0 Å². The minimum absolute atomic E-state index is 0.00870. The number of hydrogen-bond donors (Lipinski definition) is 1. The summed E-state index contributed by atoms with van der Waals surface area (Å²) in [6, 6.07) is 8.95. The van der Waals surface area contributed by atoms with Gasteiger partial charge in [-0.05, 0) is 27.7 Å². The average molecular weight is 477 g/mol. The fraction of sp³-hybridized carbons (Fsp3) is 0.348. The molecule has 0 fully saturated rings. The van der Waals surface area contributed by atoms with Crippen molar-refractivity contribution in [3.05, 3.63) is 53.2 Å². The number of thiazole rings is 1. The number of benzene rings is 1. The molecule has 1 aromatic carbocycles. The number of aliphatic carboxylic acids is 1. The third kappa shape index (κ3) is 4.80. The Morgan fingerprint density at radius 3 is 2.38 bits per heavy atom. The van der Waals surface area contributed by atoms with E-state index in [0.29, 0.717) is 10.7 Å². The molecule has 10 nitrogen and oxygen atoms in total. The SMILES string of the molecule is [C-]#[N+]c1nc(/N=N/c2sc(N(CC)CC)nc2-c2ccccc2)n(C(C)C(C)C(=O)O)c1[N+]#[C-]. The predicted octanol–water partition coefficient (Wildman–Crippen LogP) is 6.65. The Kier molecular flexibility index (Phi) is 7.71. The summed E-state index contributed by atoms with van der Waals surface area (Å²) in [5.74, 6) is -2.04. The molecule has 3 rings (SSSR count). The van der Waals surface area contributed by atoms with Gasteiger partial charge in [-0.2, -0.15) is 0 Å². The fourth-order valence-corrected chi connectivity index (χ4v) is 4.37. The topological polar surface area (TPSA) is 105 Å². The summed E-state index contributed by atoms with van der Waals surface area (Å²) in [7, 11) is 0. The molecule has 1 N–H and O–H groups in total.